The number of amides is 1. The minimum atomic E-state index is -0.827. The van der Waals surface area contributed by atoms with Gasteiger partial charge in [-0.3, -0.25) is 14.5 Å². The summed E-state index contributed by atoms with van der Waals surface area (Å²) in [5.41, 5.74) is 1.76. The standard InChI is InChI=1S/C13H18N2O3/c1-3-15(9-13(17)18)8-11-4-6-12(7-5-11)14-10(2)16/h4-7H,3,8-9H2,1-2H3,(H,14,16)(H,17,18). The summed E-state index contributed by atoms with van der Waals surface area (Å²) in [7, 11) is 0. The number of carboxylic acid groups (broad SMARTS) is 1. The lowest BCUT2D eigenvalue weighted by atomic mass is 10.2. The molecule has 5 heteroatoms. The highest BCUT2D eigenvalue weighted by Gasteiger charge is 2.08. The Bertz CT molecular complexity index is 415. The molecule has 0 saturated heterocycles. The van der Waals surface area contributed by atoms with Gasteiger partial charge in [0, 0.05) is 19.2 Å². The van der Waals surface area contributed by atoms with Crippen LogP contribution >= 0.6 is 0 Å². The maximum atomic E-state index is 10.9. The van der Waals surface area contributed by atoms with Gasteiger partial charge in [-0.15, -0.1) is 0 Å². The Kier molecular flexibility index (Phi) is 5.32. The number of rotatable bonds is 6. The molecule has 0 aromatic heterocycles. The van der Waals surface area contributed by atoms with Crippen LogP contribution in [0.4, 0.5) is 5.69 Å². The second kappa shape index (κ2) is 6.76. The first-order valence-electron chi connectivity index (χ1n) is 5.82. The van der Waals surface area contributed by atoms with E-state index in [1.54, 1.807) is 0 Å². The molecule has 1 amide bonds. The lowest BCUT2D eigenvalue weighted by Crippen LogP contribution is -2.29. The molecule has 5 nitrogen and oxygen atoms in total. The van der Waals surface area contributed by atoms with E-state index >= 15 is 0 Å². The van der Waals surface area contributed by atoms with E-state index in [-0.39, 0.29) is 12.5 Å². The molecule has 0 atom stereocenters. The van der Waals surface area contributed by atoms with E-state index in [1.165, 1.54) is 6.92 Å². The zero-order chi connectivity index (χ0) is 13.5. The molecule has 0 aliphatic rings. The average Bonchev–Trinajstić information content (AvgIpc) is 2.29. The quantitative estimate of drug-likeness (QED) is 0.803. The van der Waals surface area contributed by atoms with Gasteiger partial charge in [-0.2, -0.15) is 0 Å². The highest BCUT2D eigenvalue weighted by molar-refractivity contribution is 5.88. The predicted octanol–water partition coefficient (Wildman–Crippen LogP) is 1.55. The van der Waals surface area contributed by atoms with Crippen LogP contribution < -0.4 is 5.32 Å². The van der Waals surface area contributed by atoms with Crippen LogP contribution in [0.2, 0.25) is 0 Å². The van der Waals surface area contributed by atoms with Gasteiger partial charge in [-0.05, 0) is 24.2 Å². The summed E-state index contributed by atoms with van der Waals surface area (Å²) in [4.78, 5) is 23.3. The lowest BCUT2D eigenvalue weighted by Gasteiger charge is -2.18. The van der Waals surface area contributed by atoms with Crippen molar-refractivity contribution in [1.29, 1.82) is 0 Å². The van der Waals surface area contributed by atoms with Crippen molar-refractivity contribution in [2.45, 2.75) is 20.4 Å². The molecule has 0 fully saturated rings. The zero-order valence-corrected chi connectivity index (χ0v) is 10.6. The number of hydrogen-bond donors (Lipinski definition) is 2. The second-order valence-electron chi connectivity index (χ2n) is 4.08. The molecular weight excluding hydrogens is 232 g/mol. The van der Waals surface area contributed by atoms with Crippen LogP contribution in [0.5, 0.6) is 0 Å². The molecule has 0 radical (unpaired) electrons. The van der Waals surface area contributed by atoms with Crippen molar-refractivity contribution in [2.75, 3.05) is 18.4 Å². The third kappa shape index (κ3) is 4.97. The molecule has 0 aliphatic heterocycles. The maximum absolute atomic E-state index is 10.9. The summed E-state index contributed by atoms with van der Waals surface area (Å²) in [6.07, 6.45) is 0. The number of carboxylic acids is 1. The Balaban J connectivity index is 2.61. The van der Waals surface area contributed by atoms with Crippen molar-refractivity contribution in [3.63, 3.8) is 0 Å². The molecule has 1 aromatic carbocycles. The largest absolute Gasteiger partial charge is 0.480 e. The average molecular weight is 250 g/mol. The molecular formula is C13H18N2O3. The Labute approximate surface area is 106 Å². The summed E-state index contributed by atoms with van der Waals surface area (Å²) < 4.78 is 0. The second-order valence-corrected chi connectivity index (χ2v) is 4.08. The van der Waals surface area contributed by atoms with Gasteiger partial charge in [-0.25, -0.2) is 0 Å². The number of aliphatic carboxylic acids is 1. The van der Waals surface area contributed by atoms with Gasteiger partial charge >= 0.3 is 5.97 Å². The van der Waals surface area contributed by atoms with E-state index in [0.717, 1.165) is 11.3 Å². The fourth-order valence-corrected chi connectivity index (χ4v) is 1.63. The molecule has 1 aromatic rings. The van der Waals surface area contributed by atoms with Gasteiger partial charge in [0.15, 0.2) is 0 Å². The number of carbonyl (C=O) groups excluding carboxylic acids is 1. The number of anilines is 1. The third-order valence-electron chi connectivity index (χ3n) is 2.49. The van der Waals surface area contributed by atoms with E-state index in [4.69, 9.17) is 5.11 Å². The van der Waals surface area contributed by atoms with Gasteiger partial charge < -0.3 is 10.4 Å². The highest BCUT2D eigenvalue weighted by Crippen LogP contribution is 2.11. The number of nitrogens with one attached hydrogen (secondary N) is 1. The molecule has 1 rings (SSSR count). The first-order valence-corrected chi connectivity index (χ1v) is 5.82. The summed E-state index contributed by atoms with van der Waals surface area (Å²) in [5, 5.41) is 11.4. The van der Waals surface area contributed by atoms with E-state index in [2.05, 4.69) is 5.32 Å². The highest BCUT2D eigenvalue weighted by atomic mass is 16.4. The normalized spacial score (nSPS) is 10.4. The Morgan fingerprint density at radius 1 is 1.28 bits per heavy atom. The van der Waals surface area contributed by atoms with E-state index in [9.17, 15) is 9.59 Å². The number of hydrogen-bond acceptors (Lipinski definition) is 3. The summed E-state index contributed by atoms with van der Waals surface area (Å²) in [6, 6.07) is 7.39. The minimum Gasteiger partial charge on any atom is -0.480 e. The zero-order valence-electron chi connectivity index (χ0n) is 10.6. The monoisotopic (exact) mass is 250 g/mol. The molecule has 0 heterocycles. The summed E-state index contributed by atoms with van der Waals surface area (Å²) in [6.45, 7) is 4.68. The number of carbonyl (C=O) groups is 2. The fraction of sp³-hybridized carbons (Fsp3) is 0.385. The SMILES string of the molecule is CCN(CC(=O)O)Cc1ccc(NC(C)=O)cc1. The topological polar surface area (TPSA) is 69.6 Å². The van der Waals surface area contributed by atoms with Crippen molar-refractivity contribution < 1.29 is 14.7 Å². The van der Waals surface area contributed by atoms with Crippen molar-refractivity contribution in [1.82, 2.24) is 4.90 Å². The number of benzene rings is 1. The Morgan fingerprint density at radius 2 is 1.89 bits per heavy atom. The van der Waals surface area contributed by atoms with Crippen molar-refractivity contribution in [3.05, 3.63) is 29.8 Å². The first kappa shape index (κ1) is 14.2. The van der Waals surface area contributed by atoms with E-state index < -0.39 is 5.97 Å². The van der Waals surface area contributed by atoms with Crippen LogP contribution in [0.15, 0.2) is 24.3 Å². The third-order valence-corrected chi connectivity index (χ3v) is 2.49. The van der Waals surface area contributed by atoms with Crippen LogP contribution in [-0.4, -0.2) is 35.0 Å². The first-order chi connectivity index (χ1) is 8.51. The van der Waals surface area contributed by atoms with E-state index in [1.807, 2.05) is 36.1 Å². The van der Waals surface area contributed by atoms with Gasteiger partial charge in [0.1, 0.15) is 0 Å². The van der Waals surface area contributed by atoms with Crippen LogP contribution in [-0.2, 0) is 16.1 Å². The summed E-state index contributed by atoms with van der Waals surface area (Å²) >= 11 is 0. The molecule has 98 valence electrons. The smallest absolute Gasteiger partial charge is 0.317 e. The van der Waals surface area contributed by atoms with Crippen LogP contribution in [0.3, 0.4) is 0 Å². The van der Waals surface area contributed by atoms with Crippen molar-refractivity contribution in [2.24, 2.45) is 0 Å². The Hall–Kier alpha value is -1.88. The molecule has 2 N–H and O–H groups in total. The number of nitrogens with zero attached hydrogens (tertiary/aromatic N) is 1. The molecule has 0 bridgehead atoms. The minimum absolute atomic E-state index is 0.0317. The van der Waals surface area contributed by atoms with Gasteiger partial charge in [0.2, 0.25) is 5.91 Å². The van der Waals surface area contributed by atoms with Crippen LogP contribution in [0.25, 0.3) is 0 Å². The number of likely N-dealkylation sites (N-methyl/N-ethyl adjacent to an activating group) is 1. The van der Waals surface area contributed by atoms with Crippen molar-refractivity contribution in [3.8, 4) is 0 Å². The van der Waals surface area contributed by atoms with Gasteiger partial charge in [-0.1, -0.05) is 19.1 Å². The summed E-state index contributed by atoms with van der Waals surface area (Å²) in [5.74, 6) is -0.935. The lowest BCUT2D eigenvalue weighted by molar-refractivity contribution is -0.138. The van der Waals surface area contributed by atoms with E-state index in [0.29, 0.717) is 13.1 Å². The molecule has 18 heavy (non-hydrogen) atoms. The molecule has 0 spiro atoms. The molecule has 0 aliphatic carbocycles. The maximum Gasteiger partial charge on any atom is 0.317 e. The predicted molar refractivity (Wildman–Crippen MR) is 69.3 cm³/mol. The van der Waals surface area contributed by atoms with Crippen molar-refractivity contribution >= 4 is 17.6 Å². The Morgan fingerprint density at radius 3 is 2.33 bits per heavy atom. The fourth-order valence-electron chi connectivity index (χ4n) is 1.63. The van der Waals surface area contributed by atoms with Gasteiger partial charge in [0.25, 0.3) is 0 Å². The molecule has 0 unspecified atom stereocenters. The van der Waals surface area contributed by atoms with Gasteiger partial charge in [0.05, 0.1) is 6.54 Å². The van der Waals surface area contributed by atoms with Crippen LogP contribution in [0, 0.1) is 0 Å². The molecule has 0 saturated carbocycles. The van der Waals surface area contributed by atoms with Crippen LogP contribution in [0.1, 0.15) is 19.4 Å².